The van der Waals surface area contributed by atoms with Gasteiger partial charge in [-0.25, -0.2) is 4.79 Å². The molecule has 0 saturated carbocycles. The van der Waals surface area contributed by atoms with Crippen LogP contribution in [0.2, 0.25) is 0 Å². The molecule has 0 spiro atoms. The summed E-state index contributed by atoms with van der Waals surface area (Å²) in [4.78, 5) is 11.5. The van der Waals surface area contributed by atoms with Crippen LogP contribution in [-0.4, -0.2) is 44.0 Å². The van der Waals surface area contributed by atoms with Crippen molar-refractivity contribution in [3.63, 3.8) is 0 Å². The van der Waals surface area contributed by atoms with E-state index in [9.17, 15) is 4.79 Å². The summed E-state index contributed by atoms with van der Waals surface area (Å²) in [5.74, 6) is 0. The lowest BCUT2D eigenvalue weighted by Gasteiger charge is -2.29. The molecule has 1 fully saturated rings. The van der Waals surface area contributed by atoms with Crippen LogP contribution in [0.5, 0.6) is 0 Å². The molecule has 5 heteroatoms. The largest absolute Gasteiger partial charge is 0.444 e. The van der Waals surface area contributed by atoms with Gasteiger partial charge < -0.3 is 20.1 Å². The maximum atomic E-state index is 11.5. The van der Waals surface area contributed by atoms with E-state index in [4.69, 9.17) is 9.47 Å². The SMILES string of the molecule is CO[C@@H]1CCN[C@@H](CNC(=O)OC(C)(C)C)C1. The Morgan fingerprint density at radius 3 is 2.76 bits per heavy atom. The van der Waals surface area contributed by atoms with E-state index in [-0.39, 0.29) is 12.1 Å². The monoisotopic (exact) mass is 244 g/mol. The second-order valence-corrected chi connectivity index (χ2v) is 5.42. The Balaban J connectivity index is 2.23. The first-order valence-electron chi connectivity index (χ1n) is 6.14. The van der Waals surface area contributed by atoms with E-state index in [2.05, 4.69) is 10.6 Å². The fraction of sp³-hybridized carbons (Fsp3) is 0.917. The van der Waals surface area contributed by atoms with Crippen LogP contribution < -0.4 is 10.6 Å². The van der Waals surface area contributed by atoms with E-state index in [1.165, 1.54) is 0 Å². The van der Waals surface area contributed by atoms with Gasteiger partial charge in [-0.1, -0.05) is 0 Å². The maximum absolute atomic E-state index is 11.5. The van der Waals surface area contributed by atoms with Crippen molar-refractivity contribution in [2.45, 2.75) is 51.4 Å². The Bertz CT molecular complexity index is 251. The molecule has 0 bridgehead atoms. The average molecular weight is 244 g/mol. The van der Waals surface area contributed by atoms with Crippen LogP contribution in [0.25, 0.3) is 0 Å². The van der Waals surface area contributed by atoms with E-state index in [0.717, 1.165) is 19.4 Å². The highest BCUT2D eigenvalue weighted by atomic mass is 16.6. The maximum Gasteiger partial charge on any atom is 0.407 e. The molecule has 1 aliphatic rings. The van der Waals surface area contributed by atoms with E-state index in [1.54, 1.807) is 7.11 Å². The number of carbonyl (C=O) groups excluding carboxylic acids is 1. The normalized spacial score (nSPS) is 25.4. The fourth-order valence-corrected chi connectivity index (χ4v) is 1.86. The smallest absolute Gasteiger partial charge is 0.407 e. The topological polar surface area (TPSA) is 59.6 Å². The Labute approximate surface area is 103 Å². The molecule has 1 heterocycles. The highest BCUT2D eigenvalue weighted by Gasteiger charge is 2.22. The minimum atomic E-state index is -0.445. The second kappa shape index (κ2) is 6.21. The lowest BCUT2D eigenvalue weighted by Crippen LogP contribution is -2.48. The molecule has 5 nitrogen and oxygen atoms in total. The van der Waals surface area contributed by atoms with E-state index >= 15 is 0 Å². The van der Waals surface area contributed by atoms with Crippen molar-refractivity contribution >= 4 is 6.09 Å². The number of ether oxygens (including phenoxy) is 2. The van der Waals surface area contributed by atoms with Gasteiger partial charge in [-0.3, -0.25) is 0 Å². The summed E-state index contributed by atoms with van der Waals surface area (Å²) < 4.78 is 10.5. The molecular weight excluding hydrogens is 220 g/mol. The summed E-state index contributed by atoms with van der Waals surface area (Å²) in [7, 11) is 1.73. The first-order chi connectivity index (χ1) is 7.90. The quantitative estimate of drug-likeness (QED) is 0.785. The number of nitrogens with one attached hydrogen (secondary N) is 2. The molecule has 2 atom stereocenters. The van der Waals surface area contributed by atoms with Gasteiger partial charge >= 0.3 is 6.09 Å². The highest BCUT2D eigenvalue weighted by molar-refractivity contribution is 5.67. The van der Waals surface area contributed by atoms with Gasteiger partial charge in [0.15, 0.2) is 0 Å². The first kappa shape index (κ1) is 14.3. The van der Waals surface area contributed by atoms with Crippen molar-refractivity contribution in [2.24, 2.45) is 0 Å². The van der Waals surface area contributed by atoms with Crippen LogP contribution in [0.1, 0.15) is 33.6 Å². The van der Waals surface area contributed by atoms with Crippen LogP contribution in [0, 0.1) is 0 Å². The second-order valence-electron chi connectivity index (χ2n) is 5.42. The molecule has 1 saturated heterocycles. The minimum Gasteiger partial charge on any atom is -0.444 e. The third kappa shape index (κ3) is 5.89. The number of piperidine rings is 1. The van der Waals surface area contributed by atoms with Gasteiger partial charge in [0.05, 0.1) is 6.10 Å². The zero-order chi connectivity index (χ0) is 12.9. The number of rotatable bonds is 3. The van der Waals surface area contributed by atoms with Gasteiger partial charge in [-0.2, -0.15) is 0 Å². The number of hydrogen-bond donors (Lipinski definition) is 2. The van der Waals surface area contributed by atoms with Gasteiger partial charge in [-0.15, -0.1) is 0 Å². The lowest BCUT2D eigenvalue weighted by molar-refractivity contribution is 0.0469. The number of methoxy groups -OCH3 is 1. The van der Waals surface area contributed by atoms with Gasteiger partial charge in [0.25, 0.3) is 0 Å². The Morgan fingerprint density at radius 2 is 2.18 bits per heavy atom. The van der Waals surface area contributed by atoms with Crippen LogP contribution in [0.3, 0.4) is 0 Å². The van der Waals surface area contributed by atoms with Crippen molar-refractivity contribution in [3.05, 3.63) is 0 Å². The zero-order valence-electron chi connectivity index (χ0n) is 11.2. The van der Waals surface area contributed by atoms with Crippen LogP contribution >= 0.6 is 0 Å². The summed E-state index contributed by atoms with van der Waals surface area (Å²) in [6, 6.07) is 0.265. The van der Waals surface area contributed by atoms with Crippen LogP contribution in [0.4, 0.5) is 4.79 Å². The predicted octanol–water partition coefficient (Wildman–Crippen LogP) is 1.28. The van der Waals surface area contributed by atoms with Crippen LogP contribution in [0.15, 0.2) is 0 Å². The van der Waals surface area contributed by atoms with E-state index in [0.29, 0.717) is 12.6 Å². The van der Waals surface area contributed by atoms with Crippen molar-refractivity contribution in [3.8, 4) is 0 Å². The molecule has 1 amide bonds. The number of carbonyl (C=O) groups is 1. The Kier molecular flexibility index (Phi) is 5.21. The van der Waals surface area contributed by atoms with Gasteiger partial charge in [-0.05, 0) is 40.2 Å². The molecule has 0 aromatic heterocycles. The molecule has 0 unspecified atom stereocenters. The predicted molar refractivity (Wildman–Crippen MR) is 66.1 cm³/mol. The third-order valence-corrected chi connectivity index (χ3v) is 2.67. The summed E-state index contributed by atoms with van der Waals surface area (Å²) in [6.07, 6.45) is 1.88. The summed E-state index contributed by atoms with van der Waals surface area (Å²) in [6.45, 7) is 7.07. The van der Waals surface area contributed by atoms with Crippen LogP contribution in [-0.2, 0) is 9.47 Å². The summed E-state index contributed by atoms with van der Waals surface area (Å²) in [5, 5.41) is 6.13. The standard InChI is InChI=1S/C12H24N2O3/c1-12(2,3)17-11(15)14-8-9-7-10(16-4)5-6-13-9/h9-10,13H,5-8H2,1-4H3,(H,14,15)/t9-,10-/m1/s1. The van der Waals surface area contributed by atoms with Crippen molar-refractivity contribution < 1.29 is 14.3 Å². The molecule has 1 aliphatic heterocycles. The number of amides is 1. The number of alkyl carbamates (subject to hydrolysis) is 1. The molecule has 100 valence electrons. The highest BCUT2D eigenvalue weighted by Crippen LogP contribution is 2.11. The molecule has 0 aliphatic carbocycles. The summed E-state index contributed by atoms with van der Waals surface area (Å²) >= 11 is 0. The zero-order valence-corrected chi connectivity index (χ0v) is 11.2. The Morgan fingerprint density at radius 1 is 1.47 bits per heavy atom. The Hall–Kier alpha value is -0.810. The van der Waals surface area contributed by atoms with Crippen molar-refractivity contribution in [1.29, 1.82) is 0 Å². The average Bonchev–Trinajstić information content (AvgIpc) is 2.24. The van der Waals surface area contributed by atoms with Crippen molar-refractivity contribution in [2.75, 3.05) is 20.2 Å². The summed E-state index contributed by atoms with van der Waals surface area (Å²) in [5.41, 5.74) is -0.445. The molecule has 0 aromatic carbocycles. The van der Waals surface area contributed by atoms with E-state index in [1.807, 2.05) is 20.8 Å². The first-order valence-corrected chi connectivity index (χ1v) is 6.14. The third-order valence-electron chi connectivity index (χ3n) is 2.67. The fourth-order valence-electron chi connectivity index (χ4n) is 1.86. The molecule has 2 N–H and O–H groups in total. The van der Waals surface area contributed by atoms with E-state index < -0.39 is 5.60 Å². The van der Waals surface area contributed by atoms with Crippen molar-refractivity contribution in [1.82, 2.24) is 10.6 Å². The van der Waals surface area contributed by atoms with Gasteiger partial charge in [0.2, 0.25) is 0 Å². The molecule has 0 aromatic rings. The van der Waals surface area contributed by atoms with Gasteiger partial charge in [0, 0.05) is 19.7 Å². The number of hydrogen-bond acceptors (Lipinski definition) is 4. The molecule has 1 rings (SSSR count). The molecule has 0 radical (unpaired) electrons. The minimum absolute atomic E-state index is 0.265. The van der Waals surface area contributed by atoms with Gasteiger partial charge in [0.1, 0.15) is 5.60 Å². The lowest BCUT2D eigenvalue weighted by atomic mass is 10.0. The molecular formula is C12H24N2O3. The molecule has 17 heavy (non-hydrogen) atoms.